The van der Waals surface area contributed by atoms with Crippen LogP contribution in [0.4, 0.5) is 4.79 Å². The van der Waals surface area contributed by atoms with Gasteiger partial charge in [0.05, 0.1) is 0 Å². The van der Waals surface area contributed by atoms with E-state index in [0.717, 1.165) is 19.0 Å². The standard InChI is InChI=1S/C14H29N3O2/c1-11-5-7-17(8-6-11)12(9-15)10-16-13(18)19-14(2,3)4/h11-12H,5-10,15H2,1-4H3,(H,16,18). The van der Waals surface area contributed by atoms with Gasteiger partial charge >= 0.3 is 6.09 Å². The van der Waals surface area contributed by atoms with E-state index in [1.54, 1.807) is 0 Å². The molecule has 1 atom stereocenters. The van der Waals surface area contributed by atoms with Gasteiger partial charge in [-0.25, -0.2) is 4.79 Å². The fourth-order valence-electron chi connectivity index (χ4n) is 2.27. The monoisotopic (exact) mass is 271 g/mol. The number of nitrogens with zero attached hydrogens (tertiary/aromatic N) is 1. The zero-order chi connectivity index (χ0) is 14.5. The van der Waals surface area contributed by atoms with E-state index in [2.05, 4.69) is 17.1 Å². The van der Waals surface area contributed by atoms with E-state index in [0.29, 0.717) is 13.1 Å². The Morgan fingerprint density at radius 3 is 2.47 bits per heavy atom. The topological polar surface area (TPSA) is 67.6 Å². The Labute approximate surface area is 116 Å². The van der Waals surface area contributed by atoms with Crippen LogP contribution in [0.25, 0.3) is 0 Å². The maximum Gasteiger partial charge on any atom is 0.407 e. The molecule has 3 N–H and O–H groups in total. The molecule has 0 aromatic rings. The Morgan fingerprint density at radius 1 is 1.42 bits per heavy atom. The number of carbonyl (C=O) groups excluding carboxylic acids is 1. The van der Waals surface area contributed by atoms with Crippen LogP contribution in [0.5, 0.6) is 0 Å². The van der Waals surface area contributed by atoms with E-state index < -0.39 is 5.60 Å². The number of rotatable bonds is 4. The highest BCUT2D eigenvalue weighted by molar-refractivity contribution is 5.67. The molecule has 1 fully saturated rings. The molecule has 1 unspecified atom stereocenters. The van der Waals surface area contributed by atoms with Crippen LogP contribution in [0.3, 0.4) is 0 Å². The van der Waals surface area contributed by atoms with E-state index in [-0.39, 0.29) is 12.1 Å². The highest BCUT2D eigenvalue weighted by atomic mass is 16.6. The number of hydrogen-bond donors (Lipinski definition) is 2. The quantitative estimate of drug-likeness (QED) is 0.814. The third-order valence-electron chi connectivity index (χ3n) is 3.49. The van der Waals surface area contributed by atoms with Gasteiger partial charge in [0.1, 0.15) is 5.60 Å². The molecular weight excluding hydrogens is 242 g/mol. The number of likely N-dealkylation sites (tertiary alicyclic amines) is 1. The minimum atomic E-state index is -0.456. The molecule has 0 aromatic carbocycles. The molecule has 5 heteroatoms. The molecular formula is C14H29N3O2. The smallest absolute Gasteiger partial charge is 0.407 e. The third-order valence-corrected chi connectivity index (χ3v) is 3.49. The zero-order valence-corrected chi connectivity index (χ0v) is 12.7. The van der Waals surface area contributed by atoms with Gasteiger partial charge in [-0.2, -0.15) is 0 Å². The van der Waals surface area contributed by atoms with Crippen molar-refractivity contribution in [2.45, 2.75) is 52.2 Å². The number of piperidine rings is 1. The van der Waals surface area contributed by atoms with Gasteiger partial charge in [-0.15, -0.1) is 0 Å². The summed E-state index contributed by atoms with van der Waals surface area (Å²) >= 11 is 0. The van der Waals surface area contributed by atoms with E-state index in [1.807, 2.05) is 20.8 Å². The summed E-state index contributed by atoms with van der Waals surface area (Å²) in [6.07, 6.45) is 2.06. The number of carbonyl (C=O) groups is 1. The third kappa shape index (κ3) is 6.25. The van der Waals surface area contributed by atoms with Crippen LogP contribution in [0.1, 0.15) is 40.5 Å². The normalized spacial score (nSPS) is 20.1. The lowest BCUT2D eigenvalue weighted by atomic mass is 9.98. The van der Waals surface area contributed by atoms with E-state index in [1.165, 1.54) is 12.8 Å². The lowest BCUT2D eigenvalue weighted by molar-refractivity contribution is 0.0499. The van der Waals surface area contributed by atoms with Crippen molar-refractivity contribution in [3.63, 3.8) is 0 Å². The highest BCUT2D eigenvalue weighted by Gasteiger charge is 2.23. The first-order chi connectivity index (χ1) is 8.81. The average Bonchev–Trinajstić information content (AvgIpc) is 2.29. The van der Waals surface area contributed by atoms with Crippen molar-refractivity contribution in [3.05, 3.63) is 0 Å². The molecule has 0 aromatic heterocycles. The molecule has 112 valence electrons. The van der Waals surface area contributed by atoms with Gasteiger partial charge in [0.2, 0.25) is 0 Å². The molecule has 19 heavy (non-hydrogen) atoms. The van der Waals surface area contributed by atoms with Gasteiger partial charge in [-0.1, -0.05) is 6.92 Å². The minimum absolute atomic E-state index is 0.208. The van der Waals surface area contributed by atoms with Crippen molar-refractivity contribution in [2.75, 3.05) is 26.2 Å². The van der Waals surface area contributed by atoms with E-state index in [4.69, 9.17) is 10.5 Å². The predicted octanol–water partition coefficient (Wildman–Crippen LogP) is 1.57. The highest BCUT2D eigenvalue weighted by Crippen LogP contribution is 2.17. The van der Waals surface area contributed by atoms with Crippen LogP contribution in [-0.2, 0) is 4.74 Å². The summed E-state index contributed by atoms with van der Waals surface area (Å²) in [4.78, 5) is 14.0. The first-order valence-corrected chi connectivity index (χ1v) is 7.23. The van der Waals surface area contributed by atoms with Crippen LogP contribution in [0, 0.1) is 5.92 Å². The van der Waals surface area contributed by atoms with Crippen LogP contribution < -0.4 is 11.1 Å². The Morgan fingerprint density at radius 2 is 2.00 bits per heavy atom. The van der Waals surface area contributed by atoms with Crippen LogP contribution in [-0.4, -0.2) is 48.8 Å². The Kier molecular flexibility index (Phi) is 6.07. The second kappa shape index (κ2) is 7.10. The Balaban J connectivity index is 2.34. The largest absolute Gasteiger partial charge is 0.444 e. The molecule has 1 aliphatic rings. The maximum absolute atomic E-state index is 11.6. The predicted molar refractivity (Wildman–Crippen MR) is 77.1 cm³/mol. The Hall–Kier alpha value is -0.810. The van der Waals surface area contributed by atoms with Gasteiger partial charge in [-0.3, -0.25) is 4.90 Å². The van der Waals surface area contributed by atoms with E-state index in [9.17, 15) is 4.79 Å². The van der Waals surface area contributed by atoms with Gasteiger partial charge in [0, 0.05) is 19.1 Å². The van der Waals surface area contributed by atoms with Crippen LogP contribution in [0.2, 0.25) is 0 Å². The van der Waals surface area contributed by atoms with E-state index >= 15 is 0 Å². The minimum Gasteiger partial charge on any atom is -0.444 e. The fourth-order valence-corrected chi connectivity index (χ4v) is 2.27. The van der Waals surface area contributed by atoms with Gasteiger partial charge in [0.25, 0.3) is 0 Å². The number of ether oxygens (including phenoxy) is 1. The first kappa shape index (κ1) is 16.2. The van der Waals surface area contributed by atoms with Crippen molar-refractivity contribution in [2.24, 2.45) is 11.7 Å². The summed E-state index contributed by atoms with van der Waals surface area (Å²) in [6.45, 7) is 11.1. The average molecular weight is 271 g/mol. The second-order valence-corrected chi connectivity index (χ2v) is 6.49. The van der Waals surface area contributed by atoms with Gasteiger partial charge in [0.15, 0.2) is 0 Å². The number of hydrogen-bond acceptors (Lipinski definition) is 4. The molecule has 1 saturated heterocycles. The lowest BCUT2D eigenvalue weighted by Gasteiger charge is -2.36. The first-order valence-electron chi connectivity index (χ1n) is 7.23. The molecule has 1 aliphatic heterocycles. The molecule has 0 saturated carbocycles. The van der Waals surface area contributed by atoms with Crippen molar-refractivity contribution in [3.8, 4) is 0 Å². The number of nitrogens with two attached hydrogens (primary N) is 1. The van der Waals surface area contributed by atoms with Crippen molar-refractivity contribution in [1.82, 2.24) is 10.2 Å². The molecule has 0 radical (unpaired) electrons. The van der Waals surface area contributed by atoms with Crippen LogP contribution in [0.15, 0.2) is 0 Å². The molecule has 0 aliphatic carbocycles. The molecule has 0 spiro atoms. The summed E-state index contributed by atoms with van der Waals surface area (Å²) in [5, 5.41) is 2.82. The summed E-state index contributed by atoms with van der Waals surface area (Å²) in [7, 11) is 0. The molecule has 1 amide bonds. The summed E-state index contributed by atoms with van der Waals surface area (Å²) in [6, 6.07) is 0.208. The molecule has 5 nitrogen and oxygen atoms in total. The van der Waals surface area contributed by atoms with Crippen LogP contribution >= 0.6 is 0 Å². The lowest BCUT2D eigenvalue weighted by Crippen LogP contribution is -2.51. The summed E-state index contributed by atoms with van der Waals surface area (Å²) in [5.41, 5.74) is 5.36. The fraction of sp³-hybridized carbons (Fsp3) is 0.929. The van der Waals surface area contributed by atoms with Crippen molar-refractivity contribution >= 4 is 6.09 Å². The summed E-state index contributed by atoms with van der Waals surface area (Å²) in [5.74, 6) is 0.800. The molecule has 1 heterocycles. The number of amides is 1. The number of alkyl carbamates (subject to hydrolysis) is 1. The zero-order valence-electron chi connectivity index (χ0n) is 12.7. The SMILES string of the molecule is CC1CCN(C(CN)CNC(=O)OC(C)(C)C)CC1. The molecule has 0 bridgehead atoms. The Bertz CT molecular complexity index is 281. The van der Waals surface area contributed by atoms with Gasteiger partial charge < -0.3 is 15.8 Å². The summed E-state index contributed by atoms with van der Waals surface area (Å²) < 4.78 is 5.23. The molecule has 1 rings (SSSR count). The maximum atomic E-state index is 11.6. The second-order valence-electron chi connectivity index (χ2n) is 6.49. The van der Waals surface area contributed by atoms with Crippen molar-refractivity contribution in [1.29, 1.82) is 0 Å². The van der Waals surface area contributed by atoms with Gasteiger partial charge in [-0.05, 0) is 52.6 Å². The number of nitrogens with one attached hydrogen (secondary N) is 1. The van der Waals surface area contributed by atoms with Crippen molar-refractivity contribution < 1.29 is 9.53 Å².